The van der Waals surface area contributed by atoms with E-state index in [4.69, 9.17) is 4.74 Å². The van der Waals surface area contributed by atoms with Crippen molar-refractivity contribution in [2.45, 2.75) is 13.3 Å². The lowest BCUT2D eigenvalue weighted by Gasteiger charge is -2.17. The van der Waals surface area contributed by atoms with E-state index in [0.29, 0.717) is 6.61 Å². The highest BCUT2D eigenvalue weighted by Gasteiger charge is 2.21. The summed E-state index contributed by atoms with van der Waals surface area (Å²) in [4.78, 5) is 11.3. The van der Waals surface area contributed by atoms with Crippen LogP contribution in [0, 0.1) is 0 Å². The Morgan fingerprint density at radius 3 is 2.76 bits per heavy atom. The van der Waals surface area contributed by atoms with Crippen molar-refractivity contribution in [1.82, 2.24) is 9.97 Å². The number of hydrogen-bond donors (Lipinski definition) is 1. The van der Waals surface area contributed by atoms with Gasteiger partial charge in [0.1, 0.15) is 11.6 Å². The van der Waals surface area contributed by atoms with E-state index >= 15 is 0 Å². The molecule has 4 rings (SSSR count). The van der Waals surface area contributed by atoms with Crippen LogP contribution in [0.2, 0.25) is 0 Å². The monoisotopic (exact) mass is 332 g/mol. The molecule has 0 fully saturated rings. The van der Waals surface area contributed by atoms with E-state index in [2.05, 4.69) is 44.5 Å². The first-order valence-corrected chi connectivity index (χ1v) is 8.52. The zero-order valence-corrected chi connectivity index (χ0v) is 14.1. The second kappa shape index (κ2) is 6.81. The first-order chi connectivity index (χ1) is 12.3. The van der Waals surface area contributed by atoms with Gasteiger partial charge in [0.15, 0.2) is 0 Å². The molecule has 0 bridgehead atoms. The van der Waals surface area contributed by atoms with Gasteiger partial charge < -0.3 is 15.0 Å². The molecule has 0 spiro atoms. The maximum Gasteiger partial charge on any atom is 0.231 e. The minimum atomic E-state index is 0.666. The van der Waals surface area contributed by atoms with Crippen molar-refractivity contribution >= 4 is 23.1 Å². The lowest BCUT2D eigenvalue weighted by atomic mass is 10.2. The fourth-order valence-electron chi connectivity index (χ4n) is 3.04. The van der Waals surface area contributed by atoms with Crippen LogP contribution in [0.15, 0.2) is 60.8 Å². The Balaban J connectivity index is 1.54. The largest absolute Gasteiger partial charge is 0.494 e. The highest BCUT2D eigenvalue weighted by Crippen LogP contribution is 2.32. The van der Waals surface area contributed by atoms with Gasteiger partial charge in [0.05, 0.1) is 6.61 Å². The highest BCUT2D eigenvalue weighted by molar-refractivity contribution is 5.67. The number of nitrogens with one attached hydrogen (secondary N) is 1. The Labute approximate surface area is 147 Å². The molecule has 25 heavy (non-hydrogen) atoms. The fourth-order valence-corrected chi connectivity index (χ4v) is 3.04. The molecule has 0 amide bonds. The Kier molecular flexibility index (Phi) is 4.21. The van der Waals surface area contributed by atoms with E-state index in [0.717, 1.165) is 36.2 Å². The molecule has 126 valence electrons. The van der Waals surface area contributed by atoms with Crippen molar-refractivity contribution in [3.8, 4) is 5.75 Å². The summed E-state index contributed by atoms with van der Waals surface area (Å²) < 4.78 is 5.47. The van der Waals surface area contributed by atoms with Gasteiger partial charge in [-0.1, -0.05) is 18.2 Å². The number of fused-ring (bicyclic) bond motifs is 1. The molecule has 0 atom stereocenters. The predicted octanol–water partition coefficient (Wildman–Crippen LogP) is 4.31. The lowest BCUT2D eigenvalue weighted by Crippen LogP contribution is -2.16. The number of aromatic nitrogens is 2. The van der Waals surface area contributed by atoms with Gasteiger partial charge in [-0.3, -0.25) is 0 Å². The summed E-state index contributed by atoms with van der Waals surface area (Å²) in [5.41, 5.74) is 3.51. The van der Waals surface area contributed by atoms with Crippen LogP contribution in [0.3, 0.4) is 0 Å². The number of anilines is 4. The molecule has 0 saturated heterocycles. The Morgan fingerprint density at radius 1 is 1.08 bits per heavy atom. The van der Waals surface area contributed by atoms with Gasteiger partial charge in [0.2, 0.25) is 5.95 Å². The average Bonchev–Trinajstić information content (AvgIpc) is 3.08. The number of rotatable bonds is 5. The van der Waals surface area contributed by atoms with Gasteiger partial charge in [-0.25, -0.2) is 4.98 Å². The summed E-state index contributed by atoms with van der Waals surface area (Å²) in [6, 6.07) is 18.2. The Morgan fingerprint density at radius 2 is 1.92 bits per heavy atom. The van der Waals surface area contributed by atoms with E-state index in [9.17, 15) is 0 Å². The van der Waals surface area contributed by atoms with Crippen molar-refractivity contribution in [2.75, 3.05) is 23.4 Å². The minimum Gasteiger partial charge on any atom is -0.494 e. The van der Waals surface area contributed by atoms with Gasteiger partial charge in [0, 0.05) is 24.1 Å². The maximum absolute atomic E-state index is 5.47. The third-order valence-electron chi connectivity index (χ3n) is 4.21. The molecule has 0 radical (unpaired) electrons. The van der Waals surface area contributed by atoms with Crippen LogP contribution in [0.25, 0.3) is 0 Å². The van der Waals surface area contributed by atoms with E-state index in [1.807, 2.05) is 37.3 Å². The standard InChI is InChI=1S/C20H20N4O/c1-2-25-17-9-7-16(8-10-17)22-19-11-13-21-20(23-19)24-14-12-15-5-3-4-6-18(15)24/h3-11,13H,2,12,14H2,1H3,(H,21,22,23). The zero-order valence-electron chi connectivity index (χ0n) is 14.1. The number of para-hydroxylation sites is 1. The van der Waals surface area contributed by atoms with Gasteiger partial charge in [0.25, 0.3) is 0 Å². The SMILES string of the molecule is CCOc1ccc(Nc2ccnc(N3CCc4ccccc43)n2)cc1. The summed E-state index contributed by atoms with van der Waals surface area (Å²) in [7, 11) is 0. The molecule has 0 saturated carbocycles. The number of nitrogens with zero attached hydrogens (tertiary/aromatic N) is 3. The van der Waals surface area contributed by atoms with Crippen LogP contribution < -0.4 is 15.0 Å². The van der Waals surface area contributed by atoms with Crippen molar-refractivity contribution in [2.24, 2.45) is 0 Å². The molecular weight excluding hydrogens is 312 g/mol. The van der Waals surface area contributed by atoms with E-state index < -0.39 is 0 Å². The first-order valence-electron chi connectivity index (χ1n) is 8.52. The van der Waals surface area contributed by atoms with Crippen LogP contribution in [-0.2, 0) is 6.42 Å². The second-order valence-electron chi connectivity index (χ2n) is 5.85. The molecule has 1 aromatic heterocycles. The predicted molar refractivity (Wildman–Crippen MR) is 100 cm³/mol. The normalized spacial score (nSPS) is 12.8. The van der Waals surface area contributed by atoms with Gasteiger partial charge in [-0.15, -0.1) is 0 Å². The fraction of sp³-hybridized carbons (Fsp3) is 0.200. The summed E-state index contributed by atoms with van der Waals surface area (Å²) in [6.07, 6.45) is 2.82. The summed E-state index contributed by atoms with van der Waals surface area (Å²) in [5, 5.41) is 3.33. The molecule has 5 heteroatoms. The Hall–Kier alpha value is -3.08. The van der Waals surface area contributed by atoms with Crippen LogP contribution in [0.4, 0.5) is 23.1 Å². The van der Waals surface area contributed by atoms with E-state index in [1.54, 1.807) is 6.20 Å². The van der Waals surface area contributed by atoms with Crippen LogP contribution in [0.1, 0.15) is 12.5 Å². The Bertz CT molecular complexity index is 864. The van der Waals surface area contributed by atoms with Crippen LogP contribution >= 0.6 is 0 Å². The van der Waals surface area contributed by atoms with Crippen molar-refractivity contribution in [3.63, 3.8) is 0 Å². The third kappa shape index (κ3) is 3.26. The van der Waals surface area contributed by atoms with Gasteiger partial charge >= 0.3 is 0 Å². The molecular formula is C20H20N4O. The molecule has 1 aliphatic rings. The quantitative estimate of drug-likeness (QED) is 0.754. The molecule has 0 unspecified atom stereocenters. The van der Waals surface area contributed by atoms with Crippen LogP contribution in [-0.4, -0.2) is 23.1 Å². The minimum absolute atomic E-state index is 0.666. The smallest absolute Gasteiger partial charge is 0.231 e. The average molecular weight is 332 g/mol. The van der Waals surface area contributed by atoms with Gasteiger partial charge in [-0.2, -0.15) is 4.98 Å². The third-order valence-corrected chi connectivity index (χ3v) is 4.21. The maximum atomic E-state index is 5.47. The molecule has 2 aromatic carbocycles. The van der Waals surface area contributed by atoms with E-state index in [1.165, 1.54) is 11.3 Å². The topological polar surface area (TPSA) is 50.3 Å². The zero-order chi connectivity index (χ0) is 17.1. The molecule has 2 heterocycles. The molecule has 1 N–H and O–H groups in total. The molecule has 3 aromatic rings. The number of ether oxygens (including phenoxy) is 1. The molecule has 0 aliphatic carbocycles. The van der Waals surface area contributed by atoms with Crippen molar-refractivity contribution < 1.29 is 4.74 Å². The number of benzene rings is 2. The van der Waals surface area contributed by atoms with Crippen molar-refractivity contribution in [1.29, 1.82) is 0 Å². The van der Waals surface area contributed by atoms with E-state index in [-0.39, 0.29) is 0 Å². The summed E-state index contributed by atoms with van der Waals surface area (Å²) >= 11 is 0. The molecule has 5 nitrogen and oxygen atoms in total. The van der Waals surface area contributed by atoms with Crippen LogP contribution in [0.5, 0.6) is 5.75 Å². The lowest BCUT2D eigenvalue weighted by molar-refractivity contribution is 0.340. The number of hydrogen-bond acceptors (Lipinski definition) is 5. The van der Waals surface area contributed by atoms with Crippen molar-refractivity contribution in [3.05, 3.63) is 66.4 Å². The second-order valence-corrected chi connectivity index (χ2v) is 5.85. The highest BCUT2D eigenvalue weighted by atomic mass is 16.5. The first kappa shape index (κ1) is 15.4. The van der Waals surface area contributed by atoms with Gasteiger partial charge in [-0.05, 0) is 55.3 Å². The molecule has 1 aliphatic heterocycles. The summed E-state index contributed by atoms with van der Waals surface area (Å²) in [5.74, 6) is 2.37. The summed E-state index contributed by atoms with van der Waals surface area (Å²) in [6.45, 7) is 3.55.